The number of nitrogens with zero attached hydrogens (tertiary/aromatic N) is 4. The summed E-state index contributed by atoms with van der Waals surface area (Å²) in [6.45, 7) is 1.74. The van der Waals surface area contributed by atoms with Gasteiger partial charge >= 0.3 is 5.97 Å². The number of benzene rings is 2. The van der Waals surface area contributed by atoms with Crippen molar-refractivity contribution in [2.24, 2.45) is 0 Å². The number of hydrogen-bond donors (Lipinski definition) is 0. The fraction of sp³-hybridized carbons (Fsp3) is 0.250. The van der Waals surface area contributed by atoms with E-state index in [-0.39, 0.29) is 29.6 Å². The van der Waals surface area contributed by atoms with Gasteiger partial charge in [0.2, 0.25) is 5.82 Å². The second-order valence-corrected chi connectivity index (χ2v) is 6.65. The summed E-state index contributed by atoms with van der Waals surface area (Å²) < 4.78 is 28.7. The molecule has 0 amide bonds. The lowest BCUT2D eigenvalue weighted by atomic mass is 10.1. The SMILES string of the molecule is O=C(OCc1nc(-c2ccc(F)cc2)no1)c1cc([N+](=O)[O-])ccc1N1CCOCC1. The number of halogens is 1. The summed E-state index contributed by atoms with van der Waals surface area (Å²) in [6.07, 6.45) is 0. The van der Waals surface area contributed by atoms with Gasteiger partial charge < -0.3 is 18.9 Å². The number of nitro groups is 1. The molecule has 0 N–H and O–H groups in total. The highest BCUT2D eigenvalue weighted by Gasteiger charge is 2.23. The first-order chi connectivity index (χ1) is 15.0. The van der Waals surface area contributed by atoms with Crippen LogP contribution in [0.5, 0.6) is 0 Å². The summed E-state index contributed by atoms with van der Waals surface area (Å²) in [5, 5.41) is 14.9. The van der Waals surface area contributed by atoms with E-state index >= 15 is 0 Å². The van der Waals surface area contributed by atoms with Crippen LogP contribution in [0.15, 0.2) is 47.0 Å². The number of rotatable bonds is 6. The number of non-ortho nitro benzene ring substituents is 1. The highest BCUT2D eigenvalue weighted by Crippen LogP contribution is 2.27. The van der Waals surface area contributed by atoms with Gasteiger partial charge in [-0.3, -0.25) is 10.1 Å². The van der Waals surface area contributed by atoms with Crippen molar-refractivity contribution in [2.45, 2.75) is 6.61 Å². The lowest BCUT2D eigenvalue weighted by molar-refractivity contribution is -0.384. The van der Waals surface area contributed by atoms with Gasteiger partial charge in [-0.1, -0.05) is 5.16 Å². The minimum atomic E-state index is -0.758. The number of anilines is 1. The first-order valence-corrected chi connectivity index (χ1v) is 9.38. The molecule has 160 valence electrons. The van der Waals surface area contributed by atoms with Gasteiger partial charge in [0, 0.05) is 30.8 Å². The van der Waals surface area contributed by atoms with E-state index in [1.807, 2.05) is 4.90 Å². The third kappa shape index (κ3) is 4.67. The van der Waals surface area contributed by atoms with Gasteiger partial charge in [0.05, 0.1) is 29.4 Å². The fourth-order valence-electron chi connectivity index (χ4n) is 3.12. The molecule has 11 heteroatoms. The Balaban J connectivity index is 1.50. The van der Waals surface area contributed by atoms with Crippen molar-refractivity contribution in [2.75, 3.05) is 31.2 Å². The number of ether oxygens (including phenoxy) is 2. The second-order valence-electron chi connectivity index (χ2n) is 6.65. The lowest BCUT2D eigenvalue weighted by Crippen LogP contribution is -2.37. The molecule has 1 aliphatic heterocycles. The monoisotopic (exact) mass is 428 g/mol. The van der Waals surface area contributed by atoms with E-state index in [9.17, 15) is 19.3 Å². The van der Waals surface area contributed by atoms with Crippen molar-refractivity contribution in [3.63, 3.8) is 0 Å². The molecule has 2 heterocycles. The highest BCUT2D eigenvalue weighted by atomic mass is 19.1. The summed E-state index contributed by atoms with van der Waals surface area (Å²) in [4.78, 5) is 29.4. The first kappa shape index (κ1) is 20.4. The predicted molar refractivity (Wildman–Crippen MR) is 105 cm³/mol. The smallest absolute Gasteiger partial charge is 0.341 e. The first-order valence-electron chi connectivity index (χ1n) is 9.38. The summed E-state index contributed by atoms with van der Waals surface area (Å²) in [5.74, 6) is -0.900. The van der Waals surface area contributed by atoms with Crippen LogP contribution in [0.1, 0.15) is 16.2 Å². The van der Waals surface area contributed by atoms with Crippen LogP contribution < -0.4 is 4.90 Å². The third-order valence-electron chi connectivity index (χ3n) is 4.66. The van der Waals surface area contributed by atoms with Gasteiger partial charge in [-0.25, -0.2) is 9.18 Å². The molecule has 10 nitrogen and oxygen atoms in total. The van der Waals surface area contributed by atoms with Gasteiger partial charge in [0.15, 0.2) is 6.61 Å². The molecule has 31 heavy (non-hydrogen) atoms. The zero-order valence-electron chi connectivity index (χ0n) is 16.2. The van der Waals surface area contributed by atoms with Crippen LogP contribution >= 0.6 is 0 Å². The van der Waals surface area contributed by atoms with Crippen LogP contribution in [-0.2, 0) is 16.1 Å². The summed E-state index contributed by atoms with van der Waals surface area (Å²) >= 11 is 0. The zero-order chi connectivity index (χ0) is 21.8. The Labute approximate surface area is 175 Å². The number of aromatic nitrogens is 2. The molecule has 2 aromatic carbocycles. The molecule has 4 rings (SSSR count). The topological polar surface area (TPSA) is 121 Å². The summed E-state index contributed by atoms with van der Waals surface area (Å²) in [7, 11) is 0. The van der Waals surface area contributed by atoms with E-state index in [4.69, 9.17) is 14.0 Å². The number of morpholine rings is 1. The van der Waals surface area contributed by atoms with Crippen molar-refractivity contribution in [1.82, 2.24) is 10.1 Å². The summed E-state index contributed by atoms with van der Waals surface area (Å²) in [5.41, 5.74) is 0.905. The van der Waals surface area contributed by atoms with E-state index in [1.165, 1.54) is 42.5 Å². The largest absolute Gasteiger partial charge is 0.452 e. The maximum atomic E-state index is 13.0. The quantitative estimate of drug-likeness (QED) is 0.331. The predicted octanol–water partition coefficient (Wildman–Crippen LogP) is 2.98. The molecular formula is C20H17FN4O6. The molecule has 0 unspecified atom stereocenters. The average Bonchev–Trinajstić information content (AvgIpc) is 3.27. The standard InChI is InChI=1S/C20H17FN4O6/c21-14-3-1-13(2-4-14)19-22-18(31-23-19)12-30-20(26)16-11-15(25(27)28)5-6-17(16)24-7-9-29-10-8-24/h1-6,11H,7-10,12H2. The van der Waals surface area contributed by atoms with Crippen molar-refractivity contribution >= 4 is 17.3 Å². The van der Waals surface area contributed by atoms with Crippen molar-refractivity contribution in [3.8, 4) is 11.4 Å². The maximum Gasteiger partial charge on any atom is 0.341 e. The number of hydrogen-bond acceptors (Lipinski definition) is 9. The molecule has 1 fully saturated rings. The normalized spacial score (nSPS) is 13.8. The number of carbonyl (C=O) groups excluding carboxylic acids is 1. The zero-order valence-corrected chi connectivity index (χ0v) is 16.2. The molecule has 0 spiro atoms. The van der Waals surface area contributed by atoms with Gasteiger partial charge in [0.1, 0.15) is 5.82 Å². The van der Waals surface area contributed by atoms with Crippen molar-refractivity contribution in [1.29, 1.82) is 0 Å². The van der Waals surface area contributed by atoms with Crippen LogP contribution in [-0.4, -0.2) is 47.3 Å². The molecule has 3 aromatic rings. The summed E-state index contributed by atoms with van der Waals surface area (Å²) in [6, 6.07) is 9.57. The maximum absolute atomic E-state index is 13.0. The van der Waals surface area contributed by atoms with Crippen LogP contribution in [0.3, 0.4) is 0 Å². The molecule has 0 atom stereocenters. The Hall–Kier alpha value is -3.86. The molecule has 1 aromatic heterocycles. The Morgan fingerprint density at radius 1 is 1.19 bits per heavy atom. The Bertz CT molecular complexity index is 1100. The number of esters is 1. The molecule has 1 aliphatic rings. The minimum absolute atomic E-state index is 0.0334. The Morgan fingerprint density at radius 2 is 1.94 bits per heavy atom. The van der Waals surface area contributed by atoms with Crippen molar-refractivity contribution in [3.05, 3.63) is 69.9 Å². The van der Waals surface area contributed by atoms with Gasteiger partial charge in [-0.05, 0) is 30.3 Å². The van der Waals surface area contributed by atoms with Crippen LogP contribution in [0, 0.1) is 15.9 Å². The van der Waals surface area contributed by atoms with E-state index in [0.717, 1.165) is 0 Å². The van der Waals surface area contributed by atoms with Gasteiger partial charge in [-0.15, -0.1) is 0 Å². The molecule has 0 bridgehead atoms. The Kier molecular flexibility index (Phi) is 5.85. The van der Waals surface area contributed by atoms with E-state index in [1.54, 1.807) is 0 Å². The van der Waals surface area contributed by atoms with Gasteiger partial charge in [-0.2, -0.15) is 4.98 Å². The lowest BCUT2D eigenvalue weighted by Gasteiger charge is -2.30. The van der Waals surface area contributed by atoms with Gasteiger partial charge in [0.25, 0.3) is 11.6 Å². The molecule has 0 saturated carbocycles. The highest BCUT2D eigenvalue weighted by molar-refractivity contribution is 5.96. The van der Waals surface area contributed by atoms with Crippen LogP contribution in [0.4, 0.5) is 15.8 Å². The molecule has 0 aliphatic carbocycles. The number of nitro benzene ring substituents is 1. The second kappa shape index (κ2) is 8.88. The molecule has 1 saturated heterocycles. The van der Waals surface area contributed by atoms with E-state index < -0.39 is 16.7 Å². The molecular weight excluding hydrogens is 411 g/mol. The van der Waals surface area contributed by atoms with Crippen LogP contribution in [0.25, 0.3) is 11.4 Å². The average molecular weight is 428 g/mol. The third-order valence-corrected chi connectivity index (χ3v) is 4.66. The Morgan fingerprint density at radius 3 is 2.65 bits per heavy atom. The van der Waals surface area contributed by atoms with Crippen LogP contribution in [0.2, 0.25) is 0 Å². The number of carbonyl (C=O) groups is 1. The minimum Gasteiger partial charge on any atom is -0.452 e. The fourth-order valence-corrected chi connectivity index (χ4v) is 3.12. The van der Waals surface area contributed by atoms with Crippen molar-refractivity contribution < 1.29 is 28.1 Å². The van der Waals surface area contributed by atoms with E-state index in [2.05, 4.69) is 10.1 Å². The van der Waals surface area contributed by atoms with E-state index in [0.29, 0.717) is 37.6 Å². The molecule has 0 radical (unpaired) electrons.